The molecule has 1 aliphatic carbocycles. The summed E-state index contributed by atoms with van der Waals surface area (Å²) >= 11 is 0. The molecule has 0 atom stereocenters. The predicted molar refractivity (Wildman–Crippen MR) is 88.7 cm³/mol. The molecule has 3 rings (SSSR count). The molecular formula is C17H23N5O2. The average molecular weight is 329 g/mol. The highest BCUT2D eigenvalue weighted by Crippen LogP contribution is 2.27. The van der Waals surface area contributed by atoms with Crippen molar-refractivity contribution >= 4 is 5.91 Å². The smallest absolute Gasteiger partial charge is 0.220 e. The van der Waals surface area contributed by atoms with Gasteiger partial charge in [-0.2, -0.15) is 4.68 Å². The van der Waals surface area contributed by atoms with Gasteiger partial charge in [0.25, 0.3) is 0 Å². The molecule has 7 heteroatoms. The van der Waals surface area contributed by atoms with Crippen molar-refractivity contribution in [3.05, 3.63) is 30.1 Å². The van der Waals surface area contributed by atoms with Crippen LogP contribution in [0, 0.1) is 5.92 Å². The fourth-order valence-corrected chi connectivity index (χ4v) is 3.09. The highest BCUT2D eigenvalue weighted by atomic mass is 16.5. The van der Waals surface area contributed by atoms with Gasteiger partial charge in [0.1, 0.15) is 5.75 Å². The molecule has 128 valence electrons. The number of ether oxygens (including phenoxy) is 1. The third-order valence-electron chi connectivity index (χ3n) is 4.32. The molecule has 1 fully saturated rings. The number of rotatable bonds is 7. The number of amides is 1. The van der Waals surface area contributed by atoms with E-state index >= 15 is 0 Å². The number of hydrogen-bond acceptors (Lipinski definition) is 5. The highest BCUT2D eigenvalue weighted by Gasteiger charge is 2.18. The van der Waals surface area contributed by atoms with Crippen LogP contribution in [0.5, 0.6) is 5.75 Å². The van der Waals surface area contributed by atoms with E-state index in [4.69, 9.17) is 4.74 Å². The lowest BCUT2D eigenvalue weighted by atomic mass is 10.0. The van der Waals surface area contributed by atoms with Crippen molar-refractivity contribution in [2.24, 2.45) is 5.92 Å². The standard InChI is InChI=1S/C17H23N5O2/c1-2-24-15-9-7-14(8-10-15)22-16(19-20-21-22)12-18-17(23)11-13-5-3-4-6-13/h7-10,13H,2-6,11-12H2,1H3,(H,18,23). The monoisotopic (exact) mass is 329 g/mol. The van der Waals surface area contributed by atoms with Crippen LogP contribution >= 0.6 is 0 Å². The number of nitrogens with one attached hydrogen (secondary N) is 1. The minimum atomic E-state index is 0.0724. The normalized spacial score (nSPS) is 14.7. The van der Waals surface area contributed by atoms with Crippen LogP contribution < -0.4 is 10.1 Å². The number of benzene rings is 1. The molecule has 1 saturated carbocycles. The maximum atomic E-state index is 12.1. The second kappa shape index (κ2) is 7.90. The Hall–Kier alpha value is -2.44. The Balaban J connectivity index is 1.59. The lowest BCUT2D eigenvalue weighted by Crippen LogP contribution is -2.26. The summed E-state index contributed by atoms with van der Waals surface area (Å²) in [6.07, 6.45) is 5.42. The second-order valence-electron chi connectivity index (χ2n) is 6.07. The number of tetrazole rings is 1. The maximum Gasteiger partial charge on any atom is 0.220 e. The highest BCUT2D eigenvalue weighted by molar-refractivity contribution is 5.76. The zero-order valence-electron chi connectivity index (χ0n) is 13.9. The molecule has 2 aromatic rings. The SMILES string of the molecule is CCOc1ccc(-n2nnnc2CNC(=O)CC2CCCC2)cc1. The predicted octanol–water partition coefficient (Wildman–Crippen LogP) is 2.26. The molecule has 0 bridgehead atoms. The Morgan fingerprint density at radius 2 is 2.04 bits per heavy atom. The first-order chi connectivity index (χ1) is 11.8. The van der Waals surface area contributed by atoms with Crippen molar-refractivity contribution in [3.8, 4) is 11.4 Å². The topological polar surface area (TPSA) is 81.9 Å². The van der Waals surface area contributed by atoms with Crippen LogP contribution in [0.2, 0.25) is 0 Å². The van der Waals surface area contributed by atoms with E-state index in [2.05, 4.69) is 20.8 Å². The molecule has 1 N–H and O–H groups in total. The van der Waals surface area contributed by atoms with Crippen LogP contribution in [-0.4, -0.2) is 32.7 Å². The molecule has 1 aliphatic rings. The van der Waals surface area contributed by atoms with Gasteiger partial charge in [-0.15, -0.1) is 5.10 Å². The molecule has 24 heavy (non-hydrogen) atoms. The summed E-state index contributed by atoms with van der Waals surface area (Å²) in [6, 6.07) is 7.54. The third-order valence-corrected chi connectivity index (χ3v) is 4.32. The van der Waals surface area contributed by atoms with Crippen molar-refractivity contribution in [1.82, 2.24) is 25.5 Å². The van der Waals surface area contributed by atoms with E-state index in [-0.39, 0.29) is 5.91 Å². The van der Waals surface area contributed by atoms with Gasteiger partial charge in [-0.3, -0.25) is 4.79 Å². The summed E-state index contributed by atoms with van der Waals surface area (Å²) in [6.45, 7) is 2.90. The zero-order valence-corrected chi connectivity index (χ0v) is 13.9. The van der Waals surface area contributed by atoms with Crippen molar-refractivity contribution in [2.75, 3.05) is 6.61 Å². The summed E-state index contributed by atoms with van der Waals surface area (Å²) in [5, 5.41) is 14.7. The minimum Gasteiger partial charge on any atom is -0.494 e. The van der Waals surface area contributed by atoms with Crippen molar-refractivity contribution in [2.45, 2.75) is 45.6 Å². The first kappa shape index (κ1) is 16.4. The van der Waals surface area contributed by atoms with Crippen LogP contribution in [0.25, 0.3) is 5.69 Å². The molecule has 0 radical (unpaired) electrons. The van der Waals surface area contributed by atoms with E-state index in [0.29, 0.717) is 31.3 Å². The van der Waals surface area contributed by atoms with E-state index in [0.717, 1.165) is 24.3 Å². The molecular weight excluding hydrogens is 306 g/mol. The number of aromatic nitrogens is 4. The fourth-order valence-electron chi connectivity index (χ4n) is 3.09. The number of carbonyl (C=O) groups excluding carboxylic acids is 1. The molecule has 1 heterocycles. The minimum absolute atomic E-state index is 0.0724. The van der Waals surface area contributed by atoms with E-state index in [1.54, 1.807) is 4.68 Å². The first-order valence-corrected chi connectivity index (χ1v) is 8.53. The number of carbonyl (C=O) groups is 1. The largest absolute Gasteiger partial charge is 0.494 e. The molecule has 0 spiro atoms. The Kier molecular flexibility index (Phi) is 5.40. The van der Waals surface area contributed by atoms with E-state index in [9.17, 15) is 4.79 Å². The lowest BCUT2D eigenvalue weighted by molar-refractivity contribution is -0.122. The van der Waals surface area contributed by atoms with Gasteiger partial charge in [0.05, 0.1) is 18.8 Å². The third kappa shape index (κ3) is 4.10. The van der Waals surface area contributed by atoms with Gasteiger partial charge in [0, 0.05) is 6.42 Å². The number of hydrogen-bond donors (Lipinski definition) is 1. The Bertz CT molecular complexity index is 662. The quantitative estimate of drug-likeness (QED) is 0.842. The summed E-state index contributed by atoms with van der Waals surface area (Å²) in [7, 11) is 0. The molecule has 7 nitrogen and oxygen atoms in total. The molecule has 0 aliphatic heterocycles. The van der Waals surface area contributed by atoms with E-state index in [1.165, 1.54) is 12.8 Å². The van der Waals surface area contributed by atoms with Crippen LogP contribution in [0.4, 0.5) is 0 Å². The van der Waals surface area contributed by atoms with Crippen molar-refractivity contribution in [3.63, 3.8) is 0 Å². The molecule has 1 amide bonds. The Labute approximate surface area is 141 Å². The van der Waals surface area contributed by atoms with Gasteiger partial charge in [0.2, 0.25) is 5.91 Å². The van der Waals surface area contributed by atoms with Gasteiger partial charge >= 0.3 is 0 Å². The lowest BCUT2D eigenvalue weighted by Gasteiger charge is -2.10. The van der Waals surface area contributed by atoms with Crippen LogP contribution in [0.15, 0.2) is 24.3 Å². The Morgan fingerprint density at radius 3 is 2.75 bits per heavy atom. The van der Waals surface area contributed by atoms with Crippen molar-refractivity contribution in [1.29, 1.82) is 0 Å². The molecule has 0 saturated heterocycles. The summed E-state index contributed by atoms with van der Waals surface area (Å²) < 4.78 is 7.06. The van der Waals surface area contributed by atoms with E-state index < -0.39 is 0 Å². The zero-order chi connectivity index (χ0) is 16.8. The van der Waals surface area contributed by atoms with Crippen LogP contribution in [-0.2, 0) is 11.3 Å². The average Bonchev–Trinajstić information content (AvgIpc) is 3.25. The van der Waals surface area contributed by atoms with Gasteiger partial charge in [-0.05, 0) is 60.4 Å². The van der Waals surface area contributed by atoms with Gasteiger partial charge in [-0.25, -0.2) is 0 Å². The summed E-state index contributed by atoms with van der Waals surface area (Å²) in [4.78, 5) is 12.1. The van der Waals surface area contributed by atoms with Gasteiger partial charge < -0.3 is 10.1 Å². The molecule has 0 unspecified atom stereocenters. The fraction of sp³-hybridized carbons (Fsp3) is 0.529. The van der Waals surface area contributed by atoms with E-state index in [1.807, 2.05) is 31.2 Å². The second-order valence-corrected chi connectivity index (χ2v) is 6.07. The number of nitrogens with zero attached hydrogens (tertiary/aromatic N) is 4. The summed E-state index contributed by atoms with van der Waals surface area (Å²) in [5.74, 6) is 2.02. The maximum absolute atomic E-state index is 12.1. The summed E-state index contributed by atoms with van der Waals surface area (Å²) in [5.41, 5.74) is 0.837. The first-order valence-electron chi connectivity index (χ1n) is 8.53. The molecule has 1 aromatic heterocycles. The van der Waals surface area contributed by atoms with Crippen molar-refractivity contribution < 1.29 is 9.53 Å². The van der Waals surface area contributed by atoms with Gasteiger partial charge in [-0.1, -0.05) is 12.8 Å². The Morgan fingerprint density at radius 1 is 1.29 bits per heavy atom. The van der Waals surface area contributed by atoms with Crippen LogP contribution in [0.1, 0.15) is 44.9 Å². The van der Waals surface area contributed by atoms with Crippen LogP contribution in [0.3, 0.4) is 0 Å². The molecule has 1 aromatic carbocycles. The van der Waals surface area contributed by atoms with Gasteiger partial charge in [0.15, 0.2) is 5.82 Å².